The first-order chi connectivity index (χ1) is 14.1. The number of aliphatic imine (C=N–C) groups is 1. The van der Waals surface area contributed by atoms with Crippen molar-refractivity contribution >= 4 is 15.8 Å². The summed E-state index contributed by atoms with van der Waals surface area (Å²) in [5.41, 5.74) is 0.918. The zero-order chi connectivity index (χ0) is 21.8. The first-order valence-electron chi connectivity index (χ1n) is 11.1. The Morgan fingerprint density at radius 2 is 1.97 bits per heavy atom. The maximum atomic E-state index is 11.5. The van der Waals surface area contributed by atoms with Crippen molar-refractivity contribution in [2.75, 3.05) is 25.1 Å². The van der Waals surface area contributed by atoms with E-state index >= 15 is 0 Å². The van der Waals surface area contributed by atoms with Crippen LogP contribution in [-0.4, -0.2) is 45.1 Å². The molecule has 1 atom stereocenters. The summed E-state index contributed by atoms with van der Waals surface area (Å²) >= 11 is 0. The molecule has 0 amide bonds. The van der Waals surface area contributed by atoms with Crippen molar-refractivity contribution in [1.82, 2.24) is 10.6 Å². The van der Waals surface area contributed by atoms with Gasteiger partial charge in [-0.2, -0.15) is 0 Å². The second-order valence-electron chi connectivity index (χ2n) is 9.67. The Morgan fingerprint density at radius 3 is 2.63 bits per heavy atom. The summed E-state index contributed by atoms with van der Waals surface area (Å²) in [5, 5.41) is 7.01. The van der Waals surface area contributed by atoms with Crippen molar-refractivity contribution in [3.05, 3.63) is 29.8 Å². The van der Waals surface area contributed by atoms with Gasteiger partial charge in [0.1, 0.15) is 21.2 Å². The van der Waals surface area contributed by atoms with Crippen LogP contribution in [0.15, 0.2) is 29.3 Å². The van der Waals surface area contributed by atoms with E-state index < -0.39 is 9.84 Å². The largest absolute Gasteiger partial charge is 0.487 e. The third-order valence-corrected chi connectivity index (χ3v) is 7.13. The second kappa shape index (κ2) is 9.16. The zero-order valence-corrected chi connectivity index (χ0v) is 19.6. The molecule has 0 radical (unpaired) electrons. The Hall–Kier alpha value is -1.76. The lowest BCUT2D eigenvalue weighted by atomic mass is 9.86. The molecule has 1 aliphatic carbocycles. The van der Waals surface area contributed by atoms with Crippen molar-refractivity contribution in [2.45, 2.75) is 70.9 Å². The van der Waals surface area contributed by atoms with Gasteiger partial charge in [0.05, 0.1) is 11.8 Å². The fourth-order valence-electron chi connectivity index (χ4n) is 4.39. The third-order valence-electron chi connectivity index (χ3n) is 6.18. The topological polar surface area (TPSA) is 79.8 Å². The molecule has 1 spiro atoms. The summed E-state index contributed by atoms with van der Waals surface area (Å²) in [6.45, 7) is 7.53. The van der Waals surface area contributed by atoms with E-state index in [1.807, 2.05) is 6.07 Å². The highest BCUT2D eigenvalue weighted by Crippen LogP contribution is 2.46. The maximum absolute atomic E-state index is 11.5. The fraction of sp³-hybridized carbons (Fsp3) is 0.696. The van der Waals surface area contributed by atoms with Gasteiger partial charge in [-0.3, -0.25) is 4.99 Å². The van der Waals surface area contributed by atoms with Crippen LogP contribution in [-0.2, 0) is 9.84 Å². The number of hydrogen-bond acceptors (Lipinski definition) is 4. The molecule has 30 heavy (non-hydrogen) atoms. The molecule has 1 saturated carbocycles. The summed E-state index contributed by atoms with van der Waals surface area (Å²) < 4.78 is 29.6. The fourth-order valence-corrected chi connectivity index (χ4v) is 5.31. The first-order valence-corrected chi connectivity index (χ1v) is 13.2. The highest BCUT2D eigenvalue weighted by atomic mass is 32.2. The van der Waals surface area contributed by atoms with Crippen LogP contribution in [0.1, 0.15) is 70.9 Å². The van der Waals surface area contributed by atoms with Gasteiger partial charge in [0, 0.05) is 31.3 Å². The Morgan fingerprint density at radius 1 is 1.27 bits per heavy atom. The van der Waals surface area contributed by atoms with Gasteiger partial charge >= 0.3 is 0 Å². The van der Waals surface area contributed by atoms with E-state index in [-0.39, 0.29) is 22.8 Å². The van der Waals surface area contributed by atoms with Crippen molar-refractivity contribution in [2.24, 2.45) is 10.4 Å². The van der Waals surface area contributed by atoms with Crippen LogP contribution in [0.25, 0.3) is 0 Å². The Bertz CT molecular complexity index is 858. The molecule has 1 aliphatic heterocycles. The number of guanidine groups is 1. The van der Waals surface area contributed by atoms with Gasteiger partial charge in [-0.05, 0) is 50.5 Å². The summed E-state index contributed by atoms with van der Waals surface area (Å²) in [6, 6.07) is 8.44. The Labute approximate surface area is 181 Å². The van der Waals surface area contributed by atoms with Crippen molar-refractivity contribution in [3.63, 3.8) is 0 Å². The van der Waals surface area contributed by atoms with Crippen molar-refractivity contribution in [3.8, 4) is 5.75 Å². The lowest BCUT2D eigenvalue weighted by Crippen LogP contribution is -2.47. The summed E-state index contributed by atoms with van der Waals surface area (Å²) in [4.78, 5) is 4.83. The lowest BCUT2D eigenvalue weighted by molar-refractivity contribution is 0.0396. The predicted octanol–water partition coefficient (Wildman–Crippen LogP) is 3.84. The van der Waals surface area contributed by atoms with Gasteiger partial charge in [-0.1, -0.05) is 32.0 Å². The second-order valence-corrected chi connectivity index (χ2v) is 11.9. The standard InChI is InChI=1S/C23H37N3O3S/c1-5-24-21(25-17-22(2,3)14-15-30(4,27)28)26-19-16-23(12-8-9-13-23)29-20-11-7-6-10-18(19)20/h6-7,10-11,19H,5,8-9,12-17H2,1-4H3,(H2,24,25,26). The van der Waals surface area contributed by atoms with Crippen LogP contribution >= 0.6 is 0 Å². The van der Waals surface area contributed by atoms with E-state index in [1.165, 1.54) is 24.7 Å². The van der Waals surface area contributed by atoms with Crippen LogP contribution in [0.2, 0.25) is 0 Å². The number of hydrogen-bond donors (Lipinski definition) is 2. The van der Waals surface area contributed by atoms with E-state index in [4.69, 9.17) is 9.73 Å². The number of ether oxygens (including phenoxy) is 1. The monoisotopic (exact) mass is 435 g/mol. The molecule has 3 rings (SSSR count). The van der Waals surface area contributed by atoms with E-state index in [2.05, 4.69) is 49.6 Å². The number of fused-ring (bicyclic) bond motifs is 1. The van der Waals surface area contributed by atoms with Gasteiger partial charge < -0.3 is 15.4 Å². The van der Waals surface area contributed by atoms with E-state index in [0.717, 1.165) is 37.5 Å². The van der Waals surface area contributed by atoms with Gasteiger partial charge in [0.15, 0.2) is 5.96 Å². The number of nitrogens with zero attached hydrogens (tertiary/aromatic N) is 1. The minimum absolute atomic E-state index is 0.0713. The van der Waals surface area contributed by atoms with Crippen molar-refractivity contribution < 1.29 is 13.2 Å². The number of nitrogens with one attached hydrogen (secondary N) is 2. The molecule has 168 valence electrons. The van der Waals surface area contributed by atoms with Crippen LogP contribution in [0.4, 0.5) is 0 Å². The predicted molar refractivity (Wildman–Crippen MR) is 123 cm³/mol. The SMILES string of the molecule is CCNC(=NCC(C)(C)CCS(C)(=O)=O)NC1CC2(CCCC2)Oc2ccccc21. The van der Waals surface area contributed by atoms with Gasteiger partial charge in [-0.15, -0.1) is 0 Å². The molecule has 0 aromatic heterocycles. The Balaban J connectivity index is 1.75. The van der Waals surface area contributed by atoms with Gasteiger partial charge in [0.25, 0.3) is 0 Å². The van der Waals surface area contributed by atoms with Gasteiger partial charge in [0.2, 0.25) is 0 Å². The molecule has 7 heteroatoms. The van der Waals surface area contributed by atoms with E-state index in [9.17, 15) is 8.42 Å². The maximum Gasteiger partial charge on any atom is 0.191 e. The molecular weight excluding hydrogens is 398 g/mol. The molecule has 2 N–H and O–H groups in total. The zero-order valence-electron chi connectivity index (χ0n) is 18.8. The molecule has 1 aromatic rings. The third kappa shape index (κ3) is 6.13. The molecular formula is C23H37N3O3S. The Kier molecular flexibility index (Phi) is 7.00. The molecule has 1 aromatic carbocycles. The highest BCUT2D eigenvalue weighted by molar-refractivity contribution is 7.90. The summed E-state index contributed by atoms with van der Waals surface area (Å²) in [6.07, 6.45) is 7.47. The number of benzene rings is 1. The van der Waals surface area contributed by atoms with E-state index in [1.54, 1.807) is 0 Å². The van der Waals surface area contributed by atoms with Crippen molar-refractivity contribution in [1.29, 1.82) is 0 Å². The van der Waals surface area contributed by atoms with Crippen LogP contribution in [0.5, 0.6) is 5.75 Å². The number of para-hydroxylation sites is 1. The average molecular weight is 436 g/mol. The molecule has 6 nitrogen and oxygen atoms in total. The van der Waals surface area contributed by atoms with Gasteiger partial charge in [-0.25, -0.2) is 8.42 Å². The number of sulfone groups is 1. The van der Waals surface area contributed by atoms with E-state index in [0.29, 0.717) is 13.0 Å². The van der Waals surface area contributed by atoms with Crippen LogP contribution in [0.3, 0.4) is 0 Å². The lowest BCUT2D eigenvalue weighted by Gasteiger charge is -2.40. The molecule has 1 fully saturated rings. The van der Waals surface area contributed by atoms with Crippen LogP contribution in [0, 0.1) is 5.41 Å². The smallest absolute Gasteiger partial charge is 0.191 e. The molecule has 0 bridgehead atoms. The number of rotatable bonds is 7. The average Bonchev–Trinajstić information content (AvgIpc) is 3.12. The normalized spacial score (nSPS) is 21.2. The quantitative estimate of drug-likeness (QED) is 0.502. The molecule has 1 unspecified atom stereocenters. The summed E-state index contributed by atoms with van der Waals surface area (Å²) in [7, 11) is -2.97. The molecule has 2 aliphatic rings. The molecule has 1 heterocycles. The first kappa shape index (κ1) is 22.9. The molecule has 0 saturated heterocycles. The minimum atomic E-state index is -2.97. The minimum Gasteiger partial charge on any atom is -0.487 e. The highest BCUT2D eigenvalue weighted by Gasteiger charge is 2.43. The van der Waals surface area contributed by atoms with Crippen LogP contribution < -0.4 is 15.4 Å². The summed E-state index contributed by atoms with van der Waals surface area (Å²) in [5.74, 6) is 1.95.